The topological polar surface area (TPSA) is 34.1 Å². The van der Waals surface area contributed by atoms with Crippen LogP contribution in [0.4, 0.5) is 0 Å². The molecule has 0 heterocycles. The van der Waals surface area contributed by atoms with Gasteiger partial charge in [-0.05, 0) is 37.5 Å². The Morgan fingerprint density at radius 3 is 2.16 bits per heavy atom. The van der Waals surface area contributed by atoms with Gasteiger partial charge >= 0.3 is 0 Å². The molecule has 0 aromatic heterocycles. The molecule has 1 atom stereocenters. The van der Waals surface area contributed by atoms with Crippen LogP contribution in [0.2, 0.25) is 0 Å². The highest BCUT2D eigenvalue weighted by Gasteiger charge is 2.54. The van der Waals surface area contributed by atoms with Crippen LogP contribution < -0.4 is 0 Å². The Bertz CT molecular complexity index is 377. The quantitative estimate of drug-likeness (QED) is 0.655. The van der Waals surface area contributed by atoms with E-state index in [1.807, 2.05) is 0 Å². The van der Waals surface area contributed by atoms with Crippen LogP contribution in [0.15, 0.2) is 0 Å². The van der Waals surface area contributed by atoms with Crippen LogP contribution in [0.5, 0.6) is 0 Å². The van der Waals surface area contributed by atoms with Crippen LogP contribution in [-0.2, 0) is 9.59 Å². The molecule has 2 heteroatoms. The fourth-order valence-electron chi connectivity index (χ4n) is 4.97. The molecule has 0 unspecified atom stereocenters. The smallest absolute Gasteiger partial charge is 0.140 e. The lowest BCUT2D eigenvalue weighted by Crippen LogP contribution is -2.28. The Labute approximate surface area is 116 Å². The van der Waals surface area contributed by atoms with Crippen molar-refractivity contribution in [2.24, 2.45) is 10.8 Å². The SMILES string of the molecule is O=C1CCCC[C@]2(C1)CC1(CCCCCC1)CC2=O. The standard InChI is InChI=1S/C17H26O2/c18-14-7-3-6-10-17(11-14)13-16(12-15(17)19)8-4-1-2-5-9-16/h1-13H2/t17-/m0/s1. The molecule has 0 bridgehead atoms. The lowest BCUT2D eigenvalue weighted by molar-refractivity contribution is -0.131. The third-order valence-corrected chi connectivity index (χ3v) is 5.90. The van der Waals surface area contributed by atoms with Crippen molar-refractivity contribution in [2.75, 3.05) is 0 Å². The molecule has 106 valence electrons. The molecular formula is C17H26O2. The second-order valence-electron chi connectivity index (χ2n) is 7.39. The second-order valence-corrected chi connectivity index (χ2v) is 7.39. The van der Waals surface area contributed by atoms with Gasteiger partial charge in [-0.2, -0.15) is 0 Å². The van der Waals surface area contributed by atoms with Gasteiger partial charge in [0.05, 0.1) is 0 Å². The van der Waals surface area contributed by atoms with E-state index in [4.69, 9.17) is 0 Å². The largest absolute Gasteiger partial charge is 0.300 e. The van der Waals surface area contributed by atoms with Crippen LogP contribution in [0.3, 0.4) is 0 Å². The van der Waals surface area contributed by atoms with Crippen molar-refractivity contribution in [2.45, 2.75) is 83.5 Å². The van der Waals surface area contributed by atoms with Crippen LogP contribution in [-0.4, -0.2) is 11.6 Å². The Kier molecular flexibility index (Phi) is 3.53. The number of hydrogen-bond donors (Lipinski definition) is 0. The summed E-state index contributed by atoms with van der Waals surface area (Å²) < 4.78 is 0. The Morgan fingerprint density at radius 2 is 1.42 bits per heavy atom. The first kappa shape index (κ1) is 13.3. The van der Waals surface area contributed by atoms with Crippen LogP contribution >= 0.6 is 0 Å². The summed E-state index contributed by atoms with van der Waals surface area (Å²) in [7, 11) is 0. The van der Waals surface area contributed by atoms with E-state index in [0.717, 1.165) is 32.1 Å². The van der Waals surface area contributed by atoms with Crippen molar-refractivity contribution < 1.29 is 9.59 Å². The minimum Gasteiger partial charge on any atom is -0.300 e. The van der Waals surface area contributed by atoms with Gasteiger partial charge in [-0.1, -0.05) is 32.1 Å². The van der Waals surface area contributed by atoms with Gasteiger partial charge in [0.1, 0.15) is 11.6 Å². The van der Waals surface area contributed by atoms with Crippen molar-refractivity contribution in [3.05, 3.63) is 0 Å². The van der Waals surface area contributed by atoms with Crippen LogP contribution in [0.1, 0.15) is 83.5 Å². The van der Waals surface area contributed by atoms with Gasteiger partial charge < -0.3 is 0 Å². The molecule has 0 saturated heterocycles. The molecule has 2 spiro atoms. The van der Waals surface area contributed by atoms with Gasteiger partial charge in [-0.15, -0.1) is 0 Å². The number of carbonyl (C=O) groups is 2. The fourth-order valence-corrected chi connectivity index (χ4v) is 4.97. The third kappa shape index (κ3) is 2.51. The predicted molar refractivity (Wildman–Crippen MR) is 74.9 cm³/mol. The Morgan fingerprint density at radius 1 is 0.737 bits per heavy atom. The van der Waals surface area contributed by atoms with Gasteiger partial charge in [0, 0.05) is 24.7 Å². The molecule has 3 saturated carbocycles. The van der Waals surface area contributed by atoms with Crippen molar-refractivity contribution in [3.8, 4) is 0 Å². The zero-order valence-corrected chi connectivity index (χ0v) is 12.0. The number of rotatable bonds is 0. The van der Waals surface area contributed by atoms with Gasteiger partial charge in [0.15, 0.2) is 0 Å². The molecule has 0 amide bonds. The van der Waals surface area contributed by atoms with E-state index in [9.17, 15) is 9.59 Å². The van der Waals surface area contributed by atoms with Gasteiger partial charge in [-0.3, -0.25) is 9.59 Å². The average Bonchev–Trinajstić information content (AvgIpc) is 2.56. The molecule has 3 fully saturated rings. The van der Waals surface area contributed by atoms with Gasteiger partial charge in [-0.25, -0.2) is 0 Å². The summed E-state index contributed by atoms with van der Waals surface area (Å²) >= 11 is 0. The van der Waals surface area contributed by atoms with E-state index >= 15 is 0 Å². The molecule has 2 nitrogen and oxygen atoms in total. The highest BCUT2D eigenvalue weighted by atomic mass is 16.1. The lowest BCUT2D eigenvalue weighted by Gasteiger charge is -2.31. The molecule has 0 aromatic rings. The summed E-state index contributed by atoms with van der Waals surface area (Å²) in [6.07, 6.45) is 13.9. The maximum atomic E-state index is 12.7. The maximum absolute atomic E-state index is 12.7. The zero-order chi connectivity index (χ0) is 13.3. The minimum absolute atomic E-state index is 0.238. The first-order chi connectivity index (χ1) is 9.14. The van der Waals surface area contributed by atoms with Crippen LogP contribution in [0, 0.1) is 10.8 Å². The fraction of sp³-hybridized carbons (Fsp3) is 0.882. The van der Waals surface area contributed by atoms with E-state index < -0.39 is 0 Å². The highest BCUT2D eigenvalue weighted by molar-refractivity contribution is 5.93. The molecule has 0 N–H and O–H groups in total. The van der Waals surface area contributed by atoms with E-state index in [0.29, 0.717) is 24.4 Å². The summed E-state index contributed by atoms with van der Waals surface area (Å²) in [5.74, 6) is 0.779. The van der Waals surface area contributed by atoms with E-state index in [1.165, 1.54) is 38.5 Å². The van der Waals surface area contributed by atoms with E-state index in [-0.39, 0.29) is 10.8 Å². The van der Waals surface area contributed by atoms with Crippen molar-refractivity contribution in [1.29, 1.82) is 0 Å². The highest BCUT2D eigenvalue weighted by Crippen LogP contribution is 2.57. The van der Waals surface area contributed by atoms with E-state index in [2.05, 4.69) is 0 Å². The predicted octanol–water partition coefficient (Wildman–Crippen LogP) is 4.21. The molecule has 0 aliphatic heterocycles. The van der Waals surface area contributed by atoms with Gasteiger partial charge in [0.2, 0.25) is 0 Å². The first-order valence-electron chi connectivity index (χ1n) is 8.19. The number of carbonyl (C=O) groups excluding carboxylic acids is 2. The molecule has 0 radical (unpaired) electrons. The monoisotopic (exact) mass is 262 g/mol. The first-order valence-corrected chi connectivity index (χ1v) is 8.19. The van der Waals surface area contributed by atoms with Crippen molar-refractivity contribution in [1.82, 2.24) is 0 Å². The summed E-state index contributed by atoms with van der Waals surface area (Å²) in [5.41, 5.74) is 0.0378. The third-order valence-electron chi connectivity index (χ3n) is 5.90. The molecule has 3 rings (SSSR count). The molecular weight excluding hydrogens is 236 g/mol. The molecule has 19 heavy (non-hydrogen) atoms. The summed E-state index contributed by atoms with van der Waals surface area (Å²) in [4.78, 5) is 24.7. The lowest BCUT2D eigenvalue weighted by atomic mass is 9.72. The molecule has 0 aromatic carbocycles. The Hall–Kier alpha value is -0.660. The van der Waals surface area contributed by atoms with Crippen LogP contribution in [0.25, 0.3) is 0 Å². The number of hydrogen-bond acceptors (Lipinski definition) is 2. The maximum Gasteiger partial charge on any atom is 0.140 e. The van der Waals surface area contributed by atoms with Gasteiger partial charge in [0.25, 0.3) is 0 Å². The normalized spacial score (nSPS) is 35.6. The summed E-state index contributed by atoms with van der Waals surface area (Å²) in [6, 6.07) is 0. The number of Topliss-reactive ketones (excluding diaryl/α,β-unsaturated/α-hetero) is 2. The second kappa shape index (κ2) is 5.03. The minimum atomic E-state index is -0.238. The zero-order valence-electron chi connectivity index (χ0n) is 12.0. The molecule has 3 aliphatic carbocycles. The Balaban J connectivity index is 1.83. The van der Waals surface area contributed by atoms with Crippen molar-refractivity contribution in [3.63, 3.8) is 0 Å². The van der Waals surface area contributed by atoms with E-state index in [1.54, 1.807) is 0 Å². The van der Waals surface area contributed by atoms with Crippen molar-refractivity contribution >= 4 is 11.6 Å². The average molecular weight is 262 g/mol. The summed E-state index contributed by atoms with van der Waals surface area (Å²) in [6.45, 7) is 0. The number of ketones is 2. The summed E-state index contributed by atoms with van der Waals surface area (Å²) in [5, 5.41) is 0. The molecule has 3 aliphatic rings.